The molecule has 6 rings (SSSR count). The molecule has 2 aliphatic rings. The quantitative estimate of drug-likeness (QED) is 0.377. The first-order chi connectivity index (χ1) is 15.6. The van der Waals surface area contributed by atoms with Gasteiger partial charge in [-0.25, -0.2) is 0 Å². The van der Waals surface area contributed by atoms with Crippen LogP contribution in [0.2, 0.25) is 0 Å². The SMILES string of the molecule is Nc1ccc2c(c1)C(=O)c1ccc(Nc3ccc4c(c3)Cc3ccccc3C4=O)cc1C2. The van der Waals surface area contributed by atoms with Gasteiger partial charge in [0.15, 0.2) is 11.6 Å². The van der Waals surface area contributed by atoms with E-state index in [0.717, 1.165) is 56.7 Å². The standard InChI is InChI=1S/C28H20N2O2/c29-20-6-5-17-12-19-14-22(8-10-25(19)28(32)26(17)15-20)30-21-7-9-24-18(13-21)11-16-3-1-2-4-23(16)27(24)31/h1-10,13-15,30H,11-12,29H2. The van der Waals surface area contributed by atoms with Crippen molar-refractivity contribution in [3.8, 4) is 0 Å². The number of anilines is 3. The second-order valence-corrected chi connectivity index (χ2v) is 8.45. The summed E-state index contributed by atoms with van der Waals surface area (Å²) in [7, 11) is 0. The number of nitrogen functional groups attached to an aromatic ring is 1. The van der Waals surface area contributed by atoms with Crippen LogP contribution in [-0.2, 0) is 12.8 Å². The Morgan fingerprint density at radius 2 is 1.12 bits per heavy atom. The van der Waals surface area contributed by atoms with E-state index in [0.29, 0.717) is 17.7 Å². The van der Waals surface area contributed by atoms with Crippen LogP contribution in [0.25, 0.3) is 0 Å². The van der Waals surface area contributed by atoms with E-state index in [4.69, 9.17) is 5.73 Å². The number of fused-ring (bicyclic) bond motifs is 4. The molecule has 0 atom stereocenters. The third-order valence-corrected chi connectivity index (χ3v) is 6.39. The molecule has 0 bridgehead atoms. The molecule has 0 unspecified atom stereocenters. The van der Waals surface area contributed by atoms with E-state index in [1.54, 1.807) is 6.07 Å². The van der Waals surface area contributed by atoms with E-state index in [-0.39, 0.29) is 11.6 Å². The number of rotatable bonds is 2. The third-order valence-electron chi connectivity index (χ3n) is 6.39. The summed E-state index contributed by atoms with van der Waals surface area (Å²) in [6, 6.07) is 25.1. The van der Waals surface area contributed by atoms with Crippen LogP contribution in [0, 0.1) is 0 Å². The van der Waals surface area contributed by atoms with Crippen molar-refractivity contribution >= 4 is 28.6 Å². The first-order valence-electron chi connectivity index (χ1n) is 10.7. The van der Waals surface area contributed by atoms with E-state index in [2.05, 4.69) is 5.32 Å². The lowest BCUT2D eigenvalue weighted by atomic mass is 9.84. The van der Waals surface area contributed by atoms with E-state index >= 15 is 0 Å². The van der Waals surface area contributed by atoms with Gasteiger partial charge in [0.05, 0.1) is 0 Å². The van der Waals surface area contributed by atoms with Gasteiger partial charge >= 0.3 is 0 Å². The largest absolute Gasteiger partial charge is 0.399 e. The fourth-order valence-electron chi connectivity index (χ4n) is 4.80. The molecule has 0 amide bonds. The molecule has 2 aliphatic carbocycles. The minimum absolute atomic E-state index is 0.0195. The van der Waals surface area contributed by atoms with Crippen LogP contribution in [0.3, 0.4) is 0 Å². The first kappa shape index (κ1) is 18.6. The Morgan fingerprint density at radius 3 is 1.81 bits per heavy atom. The number of hydrogen-bond acceptors (Lipinski definition) is 4. The predicted octanol–water partition coefficient (Wildman–Crippen LogP) is 5.28. The van der Waals surface area contributed by atoms with Crippen LogP contribution >= 0.6 is 0 Å². The molecule has 4 heteroatoms. The van der Waals surface area contributed by atoms with Crippen LogP contribution in [0.15, 0.2) is 78.9 Å². The molecule has 0 radical (unpaired) electrons. The highest BCUT2D eigenvalue weighted by molar-refractivity contribution is 6.13. The molecule has 0 heterocycles. The van der Waals surface area contributed by atoms with Gasteiger partial charge in [0, 0.05) is 39.3 Å². The summed E-state index contributed by atoms with van der Waals surface area (Å²) in [5, 5.41) is 3.45. The highest BCUT2D eigenvalue weighted by Crippen LogP contribution is 2.33. The predicted molar refractivity (Wildman–Crippen MR) is 126 cm³/mol. The number of carbonyl (C=O) groups is 2. The van der Waals surface area contributed by atoms with E-state index in [9.17, 15) is 9.59 Å². The molecule has 0 saturated carbocycles. The van der Waals surface area contributed by atoms with Gasteiger partial charge in [0.2, 0.25) is 0 Å². The lowest BCUT2D eigenvalue weighted by Gasteiger charge is -2.21. The van der Waals surface area contributed by atoms with Gasteiger partial charge in [-0.1, -0.05) is 30.3 Å². The Bertz CT molecular complexity index is 1450. The molecule has 4 aromatic rings. The highest BCUT2D eigenvalue weighted by Gasteiger charge is 2.25. The fraction of sp³-hybridized carbons (Fsp3) is 0.0714. The molecular weight excluding hydrogens is 396 g/mol. The van der Waals surface area contributed by atoms with Crippen molar-refractivity contribution in [1.82, 2.24) is 0 Å². The monoisotopic (exact) mass is 416 g/mol. The maximum absolute atomic E-state index is 12.9. The Morgan fingerprint density at radius 1 is 0.562 bits per heavy atom. The molecule has 0 aliphatic heterocycles. The second kappa shape index (κ2) is 6.92. The lowest BCUT2D eigenvalue weighted by molar-refractivity contribution is 0.102. The van der Waals surface area contributed by atoms with Crippen molar-refractivity contribution in [3.05, 3.63) is 123 Å². The molecule has 4 aromatic carbocycles. The van der Waals surface area contributed by atoms with Crippen molar-refractivity contribution in [2.24, 2.45) is 0 Å². The zero-order valence-electron chi connectivity index (χ0n) is 17.3. The van der Waals surface area contributed by atoms with Crippen molar-refractivity contribution < 1.29 is 9.59 Å². The summed E-state index contributed by atoms with van der Waals surface area (Å²) in [5.74, 6) is 0.103. The number of nitrogens with two attached hydrogens (primary N) is 1. The van der Waals surface area contributed by atoms with Crippen LogP contribution in [-0.4, -0.2) is 11.6 Å². The molecule has 0 spiro atoms. The van der Waals surface area contributed by atoms with Crippen LogP contribution in [0.4, 0.5) is 17.1 Å². The normalized spacial score (nSPS) is 13.6. The molecule has 4 nitrogen and oxygen atoms in total. The van der Waals surface area contributed by atoms with Crippen molar-refractivity contribution in [1.29, 1.82) is 0 Å². The van der Waals surface area contributed by atoms with E-state index in [1.165, 1.54) is 0 Å². The minimum Gasteiger partial charge on any atom is -0.399 e. The first-order valence-corrected chi connectivity index (χ1v) is 10.7. The Hall–Kier alpha value is -4.18. The molecule has 3 N–H and O–H groups in total. The van der Waals surface area contributed by atoms with Gasteiger partial charge in [-0.2, -0.15) is 0 Å². The lowest BCUT2D eigenvalue weighted by Crippen LogP contribution is -2.16. The topological polar surface area (TPSA) is 72.2 Å². The molecule has 32 heavy (non-hydrogen) atoms. The van der Waals surface area contributed by atoms with Gasteiger partial charge in [-0.05, 0) is 83.6 Å². The summed E-state index contributed by atoms with van der Waals surface area (Å²) < 4.78 is 0. The zero-order valence-corrected chi connectivity index (χ0v) is 17.3. The maximum Gasteiger partial charge on any atom is 0.193 e. The second-order valence-electron chi connectivity index (χ2n) is 8.45. The van der Waals surface area contributed by atoms with Crippen molar-refractivity contribution in [2.75, 3.05) is 11.1 Å². The summed E-state index contributed by atoms with van der Waals surface area (Å²) in [6.07, 6.45) is 1.44. The van der Waals surface area contributed by atoms with Gasteiger partial charge < -0.3 is 11.1 Å². The maximum atomic E-state index is 12.9. The van der Waals surface area contributed by atoms with Crippen molar-refractivity contribution in [2.45, 2.75) is 12.8 Å². The summed E-state index contributed by atoms with van der Waals surface area (Å²) in [6.45, 7) is 0. The Balaban J connectivity index is 1.30. The smallest absolute Gasteiger partial charge is 0.193 e. The molecule has 154 valence electrons. The van der Waals surface area contributed by atoms with Gasteiger partial charge in [0.25, 0.3) is 0 Å². The summed E-state index contributed by atoms with van der Waals surface area (Å²) in [5.41, 5.74) is 15.4. The molecular formula is C28H20N2O2. The van der Waals surface area contributed by atoms with Crippen molar-refractivity contribution in [3.63, 3.8) is 0 Å². The molecule has 0 fully saturated rings. The highest BCUT2D eigenvalue weighted by atomic mass is 16.1. The summed E-state index contributed by atoms with van der Waals surface area (Å²) in [4.78, 5) is 25.7. The van der Waals surface area contributed by atoms with Gasteiger partial charge in [-0.3, -0.25) is 9.59 Å². The van der Waals surface area contributed by atoms with Crippen LogP contribution in [0.5, 0.6) is 0 Å². The van der Waals surface area contributed by atoms with Gasteiger partial charge in [-0.15, -0.1) is 0 Å². The fourth-order valence-corrected chi connectivity index (χ4v) is 4.80. The number of carbonyl (C=O) groups excluding carboxylic acids is 2. The Labute approximate surface area is 185 Å². The molecule has 0 aromatic heterocycles. The number of ketones is 2. The van der Waals surface area contributed by atoms with Gasteiger partial charge in [0.1, 0.15) is 0 Å². The average Bonchev–Trinajstić information content (AvgIpc) is 2.80. The van der Waals surface area contributed by atoms with E-state index < -0.39 is 0 Å². The summed E-state index contributed by atoms with van der Waals surface area (Å²) >= 11 is 0. The van der Waals surface area contributed by atoms with Crippen LogP contribution < -0.4 is 11.1 Å². The number of nitrogens with one attached hydrogen (secondary N) is 1. The number of benzene rings is 4. The molecule has 0 saturated heterocycles. The Kier molecular flexibility index (Phi) is 4.02. The zero-order chi connectivity index (χ0) is 21.8. The number of hydrogen-bond donors (Lipinski definition) is 2. The third kappa shape index (κ3) is 2.92. The minimum atomic E-state index is 0.0195. The van der Waals surface area contributed by atoms with Crippen LogP contribution in [0.1, 0.15) is 54.1 Å². The average molecular weight is 416 g/mol. The van der Waals surface area contributed by atoms with E-state index in [1.807, 2.05) is 72.8 Å².